The van der Waals surface area contributed by atoms with E-state index in [1.807, 2.05) is 0 Å². The first kappa shape index (κ1) is 25.4. The fraction of sp³-hybridized carbons (Fsp3) is 0.762. The van der Waals surface area contributed by atoms with Gasteiger partial charge in [-0.25, -0.2) is 0 Å². The largest absolute Gasteiger partial charge is 0.379 e. The Morgan fingerprint density at radius 3 is 1.79 bits per heavy atom. The van der Waals surface area contributed by atoms with Gasteiger partial charge in [0.2, 0.25) is 0 Å². The highest BCUT2D eigenvalue weighted by atomic mass is 16.6. The molecule has 0 aliphatic carbocycles. The summed E-state index contributed by atoms with van der Waals surface area (Å²) in [4.78, 5) is 35.6. The Hall–Kier alpha value is -1.61. The number of amides is 2. The molecule has 0 aromatic heterocycles. The molecule has 0 fully saturated rings. The van der Waals surface area contributed by atoms with Crippen LogP contribution < -0.4 is 0 Å². The maximum absolute atomic E-state index is 11.8. The predicted molar refractivity (Wildman–Crippen MR) is 107 cm³/mol. The van der Waals surface area contributed by atoms with Crippen molar-refractivity contribution in [3.8, 4) is 0 Å². The van der Waals surface area contributed by atoms with Crippen LogP contribution in [0.15, 0.2) is 12.2 Å². The average Bonchev–Trinajstić information content (AvgIpc) is 3.00. The Kier molecular flexibility index (Phi) is 14.2. The Bertz CT molecular complexity index is 501. The molecular formula is C21H35NO7. The first-order valence-electron chi connectivity index (χ1n) is 10.4. The smallest absolute Gasteiger partial charge is 0.253 e. The van der Waals surface area contributed by atoms with Gasteiger partial charge in [-0.3, -0.25) is 19.3 Å². The van der Waals surface area contributed by atoms with Gasteiger partial charge < -0.3 is 18.9 Å². The number of ketones is 1. The van der Waals surface area contributed by atoms with Crippen LogP contribution in [0.4, 0.5) is 0 Å². The number of carbonyl (C=O) groups excluding carboxylic acids is 3. The summed E-state index contributed by atoms with van der Waals surface area (Å²) < 4.78 is 21.7. The van der Waals surface area contributed by atoms with Crippen LogP contribution in [0.25, 0.3) is 0 Å². The average molecular weight is 414 g/mol. The molecule has 0 atom stereocenters. The molecule has 0 saturated carbocycles. The summed E-state index contributed by atoms with van der Waals surface area (Å²) in [5.74, 6) is -0.0378. The molecule has 0 bridgehead atoms. The molecule has 0 aromatic rings. The van der Waals surface area contributed by atoms with E-state index in [0.717, 1.165) is 17.9 Å². The van der Waals surface area contributed by atoms with Gasteiger partial charge in [-0.15, -0.1) is 0 Å². The van der Waals surface area contributed by atoms with Crippen LogP contribution >= 0.6 is 0 Å². The summed E-state index contributed by atoms with van der Waals surface area (Å²) in [5.41, 5.74) is 0. The van der Waals surface area contributed by atoms with E-state index in [-0.39, 0.29) is 30.6 Å². The van der Waals surface area contributed by atoms with E-state index in [1.54, 1.807) is 0 Å². The molecule has 2 amide bonds. The van der Waals surface area contributed by atoms with Gasteiger partial charge in [-0.2, -0.15) is 0 Å². The van der Waals surface area contributed by atoms with E-state index >= 15 is 0 Å². The number of rotatable bonds is 19. The van der Waals surface area contributed by atoms with Crippen molar-refractivity contribution in [3.63, 3.8) is 0 Å². The molecule has 1 rings (SSSR count). The molecule has 1 heterocycles. The number of imide groups is 1. The number of nitrogens with zero attached hydrogens (tertiary/aromatic N) is 1. The normalized spacial score (nSPS) is 13.8. The molecule has 8 heteroatoms. The van der Waals surface area contributed by atoms with Gasteiger partial charge >= 0.3 is 0 Å². The fourth-order valence-corrected chi connectivity index (χ4v) is 2.47. The van der Waals surface area contributed by atoms with E-state index in [4.69, 9.17) is 18.9 Å². The molecule has 8 nitrogen and oxygen atoms in total. The van der Waals surface area contributed by atoms with Crippen LogP contribution in [0, 0.1) is 5.92 Å². The third-order valence-electron chi connectivity index (χ3n) is 4.21. The molecule has 0 saturated heterocycles. The molecule has 29 heavy (non-hydrogen) atoms. The number of carbonyl (C=O) groups is 3. The van der Waals surface area contributed by atoms with Crippen molar-refractivity contribution in [2.24, 2.45) is 5.92 Å². The highest BCUT2D eigenvalue weighted by molar-refractivity contribution is 6.13. The van der Waals surface area contributed by atoms with Crippen molar-refractivity contribution >= 4 is 17.6 Å². The lowest BCUT2D eigenvalue weighted by Gasteiger charge is -2.12. The fourth-order valence-electron chi connectivity index (χ4n) is 2.47. The number of hydrogen-bond donors (Lipinski definition) is 0. The Labute approximate surface area is 173 Å². The second-order valence-corrected chi connectivity index (χ2v) is 7.19. The third-order valence-corrected chi connectivity index (χ3v) is 4.21. The molecule has 1 aliphatic rings. The van der Waals surface area contributed by atoms with Gasteiger partial charge in [0.1, 0.15) is 5.78 Å². The standard InChI is InChI=1S/C21H35NO7/c1-18(2)8-11-27-13-15-29-17-16-28-14-12-26-10-3-4-19(23)7-9-22-20(24)5-6-21(22)25/h5-6,18H,3-4,7-17H2,1-2H3. The minimum absolute atomic E-state index is 0.0164. The van der Waals surface area contributed by atoms with Gasteiger partial charge in [0.25, 0.3) is 11.8 Å². The maximum Gasteiger partial charge on any atom is 0.253 e. The molecular weight excluding hydrogens is 378 g/mol. The molecule has 0 spiro atoms. The van der Waals surface area contributed by atoms with Gasteiger partial charge in [0.05, 0.1) is 39.6 Å². The van der Waals surface area contributed by atoms with Gasteiger partial charge in [-0.05, 0) is 18.8 Å². The van der Waals surface area contributed by atoms with Gasteiger partial charge in [0.15, 0.2) is 0 Å². The number of ether oxygens (including phenoxy) is 4. The molecule has 0 N–H and O–H groups in total. The minimum Gasteiger partial charge on any atom is -0.379 e. The lowest BCUT2D eigenvalue weighted by atomic mass is 10.1. The van der Waals surface area contributed by atoms with Crippen LogP contribution in [-0.4, -0.2) is 81.9 Å². The second-order valence-electron chi connectivity index (χ2n) is 7.19. The van der Waals surface area contributed by atoms with Gasteiger partial charge in [0, 0.05) is 44.8 Å². The Morgan fingerprint density at radius 2 is 1.28 bits per heavy atom. The molecule has 0 radical (unpaired) electrons. The zero-order valence-electron chi connectivity index (χ0n) is 17.7. The number of hydrogen-bond acceptors (Lipinski definition) is 7. The summed E-state index contributed by atoms with van der Waals surface area (Å²) in [6.45, 7) is 8.90. The van der Waals surface area contributed by atoms with E-state index in [2.05, 4.69) is 13.8 Å². The zero-order chi connectivity index (χ0) is 21.3. The van der Waals surface area contributed by atoms with Crippen LogP contribution in [-0.2, 0) is 33.3 Å². The Morgan fingerprint density at radius 1 is 0.793 bits per heavy atom. The van der Waals surface area contributed by atoms with Gasteiger partial charge in [-0.1, -0.05) is 13.8 Å². The quantitative estimate of drug-likeness (QED) is 0.235. The summed E-state index contributed by atoms with van der Waals surface area (Å²) in [6.07, 6.45) is 4.67. The van der Waals surface area contributed by atoms with E-state index in [9.17, 15) is 14.4 Å². The lowest BCUT2D eigenvalue weighted by molar-refractivity contribution is -0.137. The molecule has 166 valence electrons. The number of Topliss-reactive ketones (excluding diaryl/α,β-unsaturated/α-hetero) is 1. The van der Waals surface area contributed by atoms with E-state index < -0.39 is 0 Å². The highest BCUT2D eigenvalue weighted by Crippen LogP contribution is 2.06. The van der Waals surface area contributed by atoms with Crippen LogP contribution in [0.3, 0.4) is 0 Å². The highest BCUT2D eigenvalue weighted by Gasteiger charge is 2.23. The second kappa shape index (κ2) is 16.2. The van der Waals surface area contributed by atoms with Crippen molar-refractivity contribution in [1.82, 2.24) is 4.90 Å². The first-order valence-corrected chi connectivity index (χ1v) is 10.4. The summed E-state index contributed by atoms with van der Waals surface area (Å²) in [5, 5.41) is 0. The van der Waals surface area contributed by atoms with Crippen LogP contribution in [0.2, 0.25) is 0 Å². The van der Waals surface area contributed by atoms with Crippen LogP contribution in [0.5, 0.6) is 0 Å². The molecule has 1 aliphatic heterocycles. The SMILES string of the molecule is CC(C)CCOCCOCCOCCOCCCC(=O)CCN1C(=O)C=CC1=O. The summed E-state index contributed by atoms with van der Waals surface area (Å²) in [7, 11) is 0. The van der Waals surface area contributed by atoms with Crippen molar-refractivity contribution in [3.05, 3.63) is 12.2 Å². The first-order chi connectivity index (χ1) is 14.0. The molecule has 0 unspecified atom stereocenters. The van der Waals surface area contributed by atoms with Crippen LogP contribution in [0.1, 0.15) is 39.5 Å². The minimum atomic E-state index is -0.355. The van der Waals surface area contributed by atoms with Crippen molar-refractivity contribution in [2.45, 2.75) is 39.5 Å². The van der Waals surface area contributed by atoms with Crippen molar-refractivity contribution in [2.75, 3.05) is 59.4 Å². The molecule has 0 aromatic carbocycles. The summed E-state index contributed by atoms with van der Waals surface area (Å²) >= 11 is 0. The topological polar surface area (TPSA) is 91.4 Å². The zero-order valence-corrected chi connectivity index (χ0v) is 17.7. The predicted octanol–water partition coefficient (Wildman–Crippen LogP) is 1.76. The summed E-state index contributed by atoms with van der Waals surface area (Å²) in [6, 6.07) is 0. The third kappa shape index (κ3) is 13.3. The monoisotopic (exact) mass is 413 g/mol. The van der Waals surface area contributed by atoms with Crippen molar-refractivity contribution < 1.29 is 33.3 Å². The maximum atomic E-state index is 11.8. The Balaban J connectivity index is 1.79. The van der Waals surface area contributed by atoms with E-state index in [0.29, 0.717) is 65.0 Å². The van der Waals surface area contributed by atoms with E-state index in [1.165, 1.54) is 12.2 Å². The lowest BCUT2D eigenvalue weighted by Crippen LogP contribution is -2.32. The van der Waals surface area contributed by atoms with Crippen molar-refractivity contribution in [1.29, 1.82) is 0 Å².